The van der Waals surface area contributed by atoms with Gasteiger partial charge in [0.05, 0.1) is 18.0 Å². The Morgan fingerprint density at radius 1 is 1.33 bits per heavy atom. The molecule has 2 N–H and O–H groups in total. The van der Waals surface area contributed by atoms with E-state index in [9.17, 15) is 14.7 Å². The van der Waals surface area contributed by atoms with E-state index in [1.165, 1.54) is 6.33 Å². The maximum absolute atomic E-state index is 12.5. The van der Waals surface area contributed by atoms with Crippen LogP contribution >= 0.6 is 0 Å². The summed E-state index contributed by atoms with van der Waals surface area (Å²) in [5.41, 5.74) is -0.130. The Bertz CT molecular complexity index is 688. The predicted molar refractivity (Wildman–Crippen MR) is 73.1 cm³/mol. The number of pyridine rings is 1. The number of fused-ring (bicyclic) bond motifs is 1. The fraction of sp³-hybridized carbons (Fsp3) is 0.357. The zero-order chi connectivity index (χ0) is 14.9. The number of amides is 1. The van der Waals surface area contributed by atoms with Crippen LogP contribution in [0.2, 0.25) is 0 Å². The Balaban J connectivity index is 1.91. The second-order valence-corrected chi connectivity index (χ2v) is 5.05. The van der Waals surface area contributed by atoms with Crippen molar-refractivity contribution in [2.75, 3.05) is 13.2 Å². The maximum Gasteiger partial charge on any atom is 0.329 e. The molecule has 0 aliphatic carbocycles. The van der Waals surface area contributed by atoms with E-state index < -0.39 is 17.4 Å². The zero-order valence-electron chi connectivity index (χ0n) is 11.3. The lowest BCUT2D eigenvalue weighted by atomic mass is 9.90. The Hall–Kier alpha value is -2.41. The highest BCUT2D eigenvalue weighted by Crippen LogP contribution is 2.22. The number of nitrogens with one attached hydrogen (secondary N) is 1. The number of hydrogen-bond acceptors (Lipinski definition) is 4. The number of ether oxygens (including phenoxy) is 1. The van der Waals surface area contributed by atoms with E-state index in [1.54, 1.807) is 22.7 Å². The van der Waals surface area contributed by atoms with Gasteiger partial charge in [-0.25, -0.2) is 9.78 Å². The van der Waals surface area contributed by atoms with Gasteiger partial charge in [0.2, 0.25) is 0 Å². The van der Waals surface area contributed by atoms with Crippen LogP contribution in [0.25, 0.3) is 5.52 Å². The number of aliphatic carboxylic acids is 1. The molecule has 1 aliphatic heterocycles. The van der Waals surface area contributed by atoms with Gasteiger partial charge in [0.25, 0.3) is 5.91 Å². The molecule has 0 spiro atoms. The minimum atomic E-state index is -1.27. The number of nitrogens with zero attached hydrogens (tertiary/aromatic N) is 2. The molecule has 2 aromatic heterocycles. The van der Waals surface area contributed by atoms with Gasteiger partial charge in [0.15, 0.2) is 0 Å². The van der Waals surface area contributed by atoms with Crippen LogP contribution in [0.1, 0.15) is 23.3 Å². The van der Waals surface area contributed by atoms with Crippen molar-refractivity contribution < 1.29 is 19.4 Å². The van der Waals surface area contributed by atoms with Crippen molar-refractivity contribution in [2.45, 2.75) is 18.4 Å². The molecule has 1 saturated heterocycles. The van der Waals surface area contributed by atoms with E-state index >= 15 is 0 Å². The SMILES string of the molecule is O=C(NC1(C(=O)O)CCOCC1)c1cccc2cncn12. The highest BCUT2D eigenvalue weighted by Gasteiger charge is 2.42. The number of hydrogen-bond donors (Lipinski definition) is 2. The van der Waals surface area contributed by atoms with Gasteiger partial charge in [0.1, 0.15) is 11.2 Å². The van der Waals surface area contributed by atoms with Gasteiger partial charge in [-0.3, -0.25) is 9.20 Å². The molecule has 0 atom stereocenters. The molecule has 0 radical (unpaired) electrons. The minimum Gasteiger partial charge on any atom is -0.480 e. The number of carboxylic acid groups (broad SMARTS) is 1. The topological polar surface area (TPSA) is 92.9 Å². The highest BCUT2D eigenvalue weighted by atomic mass is 16.5. The lowest BCUT2D eigenvalue weighted by Crippen LogP contribution is -2.57. The van der Waals surface area contributed by atoms with E-state index in [2.05, 4.69) is 10.3 Å². The highest BCUT2D eigenvalue weighted by molar-refractivity contribution is 5.97. The molecule has 0 saturated carbocycles. The quantitative estimate of drug-likeness (QED) is 0.867. The smallest absolute Gasteiger partial charge is 0.329 e. The van der Waals surface area contributed by atoms with Crippen molar-refractivity contribution in [3.63, 3.8) is 0 Å². The van der Waals surface area contributed by atoms with E-state index in [0.717, 1.165) is 5.52 Å². The van der Waals surface area contributed by atoms with Gasteiger partial charge in [0, 0.05) is 26.1 Å². The molecular weight excluding hydrogens is 274 g/mol. The van der Waals surface area contributed by atoms with Gasteiger partial charge in [-0.2, -0.15) is 0 Å². The summed E-state index contributed by atoms with van der Waals surface area (Å²) in [5, 5.41) is 12.1. The molecule has 110 valence electrons. The van der Waals surface area contributed by atoms with Crippen LogP contribution < -0.4 is 5.32 Å². The van der Waals surface area contributed by atoms with Crippen LogP contribution in [-0.4, -0.2) is 45.1 Å². The molecule has 1 fully saturated rings. The molecule has 3 heterocycles. The summed E-state index contributed by atoms with van der Waals surface area (Å²) >= 11 is 0. The number of rotatable bonds is 3. The number of carbonyl (C=O) groups is 2. The minimum absolute atomic E-state index is 0.258. The summed E-state index contributed by atoms with van der Waals surface area (Å²) in [5.74, 6) is -1.46. The van der Waals surface area contributed by atoms with Crippen LogP contribution in [0.15, 0.2) is 30.7 Å². The monoisotopic (exact) mass is 289 g/mol. The molecular formula is C14H15N3O4. The first-order valence-electron chi connectivity index (χ1n) is 6.67. The number of aromatic nitrogens is 2. The van der Waals surface area contributed by atoms with Crippen molar-refractivity contribution in [1.29, 1.82) is 0 Å². The third-order valence-corrected chi connectivity index (χ3v) is 3.79. The number of carbonyl (C=O) groups excluding carboxylic acids is 1. The van der Waals surface area contributed by atoms with Gasteiger partial charge >= 0.3 is 5.97 Å². The second-order valence-electron chi connectivity index (χ2n) is 5.05. The lowest BCUT2D eigenvalue weighted by Gasteiger charge is -2.33. The molecule has 3 rings (SSSR count). The fourth-order valence-electron chi connectivity index (χ4n) is 2.53. The molecule has 0 unspecified atom stereocenters. The first-order chi connectivity index (χ1) is 10.1. The van der Waals surface area contributed by atoms with Crippen molar-refractivity contribution in [3.05, 3.63) is 36.4 Å². The van der Waals surface area contributed by atoms with E-state index in [4.69, 9.17) is 4.74 Å². The van der Waals surface area contributed by atoms with Gasteiger partial charge in [-0.05, 0) is 12.1 Å². The first-order valence-corrected chi connectivity index (χ1v) is 6.67. The van der Waals surface area contributed by atoms with E-state index in [1.807, 2.05) is 6.07 Å². The Kier molecular flexibility index (Phi) is 3.34. The van der Waals surface area contributed by atoms with Crippen LogP contribution in [0.4, 0.5) is 0 Å². The van der Waals surface area contributed by atoms with E-state index in [-0.39, 0.29) is 12.8 Å². The molecule has 21 heavy (non-hydrogen) atoms. The van der Waals surface area contributed by atoms with Crippen molar-refractivity contribution in [2.24, 2.45) is 0 Å². The molecule has 7 heteroatoms. The Morgan fingerprint density at radius 3 is 2.81 bits per heavy atom. The van der Waals surface area contributed by atoms with Crippen molar-refractivity contribution in [3.8, 4) is 0 Å². The molecule has 0 bridgehead atoms. The fourth-order valence-corrected chi connectivity index (χ4v) is 2.53. The van der Waals surface area contributed by atoms with Gasteiger partial charge in [-0.15, -0.1) is 0 Å². The zero-order valence-corrected chi connectivity index (χ0v) is 11.3. The molecule has 1 aliphatic rings. The van der Waals surface area contributed by atoms with Crippen molar-refractivity contribution in [1.82, 2.24) is 14.7 Å². The molecule has 2 aromatic rings. The van der Waals surface area contributed by atoms with Crippen LogP contribution in [-0.2, 0) is 9.53 Å². The maximum atomic E-state index is 12.5. The van der Waals surface area contributed by atoms with Crippen LogP contribution in [0.5, 0.6) is 0 Å². The standard InChI is InChI=1S/C14H15N3O4/c18-12(11-3-1-2-10-8-15-9-17(10)11)16-14(13(19)20)4-6-21-7-5-14/h1-3,8-9H,4-7H2,(H,16,18)(H,19,20). The van der Waals surface area contributed by atoms with Crippen molar-refractivity contribution >= 4 is 17.4 Å². The van der Waals surface area contributed by atoms with E-state index in [0.29, 0.717) is 18.9 Å². The van der Waals surface area contributed by atoms with Crippen LogP contribution in [0.3, 0.4) is 0 Å². The third kappa shape index (κ3) is 2.36. The Morgan fingerprint density at radius 2 is 2.10 bits per heavy atom. The predicted octanol–water partition coefficient (Wildman–Crippen LogP) is 0.698. The summed E-state index contributed by atoms with van der Waals surface area (Å²) in [6.07, 6.45) is 3.68. The number of imidazole rings is 1. The van der Waals surface area contributed by atoms with Gasteiger partial charge in [-0.1, -0.05) is 6.07 Å². The molecule has 0 aromatic carbocycles. The summed E-state index contributed by atoms with van der Waals surface area (Å²) in [6.45, 7) is 0.643. The first kappa shape index (κ1) is 13.6. The molecule has 7 nitrogen and oxygen atoms in total. The average Bonchev–Trinajstić information content (AvgIpc) is 2.96. The molecule has 1 amide bonds. The second kappa shape index (κ2) is 5.17. The number of carboxylic acids is 1. The average molecular weight is 289 g/mol. The largest absolute Gasteiger partial charge is 0.480 e. The van der Waals surface area contributed by atoms with Gasteiger partial charge < -0.3 is 15.2 Å². The summed E-state index contributed by atoms with van der Waals surface area (Å²) in [6, 6.07) is 5.20. The van der Waals surface area contributed by atoms with Crippen LogP contribution in [0, 0.1) is 0 Å². The normalized spacial score (nSPS) is 17.5. The summed E-state index contributed by atoms with van der Waals surface area (Å²) < 4.78 is 6.82. The lowest BCUT2D eigenvalue weighted by molar-refractivity contribution is -0.148. The summed E-state index contributed by atoms with van der Waals surface area (Å²) in [4.78, 5) is 28.0. The third-order valence-electron chi connectivity index (χ3n) is 3.79. The summed E-state index contributed by atoms with van der Waals surface area (Å²) in [7, 11) is 0. The Labute approximate surface area is 120 Å².